The first-order valence-electron chi connectivity index (χ1n) is 10.1. The van der Waals surface area contributed by atoms with E-state index in [0.717, 1.165) is 4.70 Å². The summed E-state index contributed by atoms with van der Waals surface area (Å²) in [6.07, 6.45) is -5.49. The maximum Gasteiger partial charge on any atom is 0.389 e. The number of phenols is 3. The van der Waals surface area contributed by atoms with Crippen LogP contribution in [0.5, 0.6) is 23.0 Å². The predicted octanol–water partition coefficient (Wildman–Crippen LogP) is 7.22. The van der Waals surface area contributed by atoms with Crippen molar-refractivity contribution >= 4 is 32.9 Å². The molecule has 34 heavy (non-hydrogen) atoms. The third kappa shape index (κ3) is 5.73. The standard InChI is InChI=1S/C23H18F3N3O4S/c24-23(25,26)8-1-9-33-20-11-14(30)3-6-17(20)29-28-13-2-5-16(19(32)10-13)22-27-18-7-4-15(31)12-21(18)34-22/h2-7,10-12,30-32H,1,8-9H2. The number of hydrogen-bond donors (Lipinski definition) is 3. The number of halogens is 3. The van der Waals surface area contributed by atoms with Crippen LogP contribution in [0.1, 0.15) is 12.8 Å². The van der Waals surface area contributed by atoms with Crippen molar-refractivity contribution in [3.63, 3.8) is 0 Å². The second-order valence-electron chi connectivity index (χ2n) is 7.29. The highest BCUT2D eigenvalue weighted by Crippen LogP contribution is 2.39. The van der Waals surface area contributed by atoms with Gasteiger partial charge in [-0.05, 0) is 48.9 Å². The zero-order chi connectivity index (χ0) is 24.3. The lowest BCUT2D eigenvalue weighted by atomic mass is 10.2. The molecule has 0 radical (unpaired) electrons. The Bertz CT molecular complexity index is 1360. The van der Waals surface area contributed by atoms with E-state index in [1.807, 2.05) is 0 Å². The van der Waals surface area contributed by atoms with Gasteiger partial charge in [-0.1, -0.05) is 0 Å². The van der Waals surface area contributed by atoms with Crippen molar-refractivity contribution < 1.29 is 33.2 Å². The van der Waals surface area contributed by atoms with Crippen LogP contribution in [0.3, 0.4) is 0 Å². The minimum atomic E-state index is -4.27. The Labute approximate surface area is 195 Å². The van der Waals surface area contributed by atoms with Crippen molar-refractivity contribution in [2.75, 3.05) is 6.61 Å². The first kappa shape index (κ1) is 23.3. The highest BCUT2D eigenvalue weighted by molar-refractivity contribution is 7.21. The highest BCUT2D eigenvalue weighted by atomic mass is 32.1. The lowest BCUT2D eigenvalue weighted by Crippen LogP contribution is -2.09. The Morgan fingerprint density at radius 1 is 0.912 bits per heavy atom. The van der Waals surface area contributed by atoms with Gasteiger partial charge in [0.1, 0.15) is 33.7 Å². The summed E-state index contributed by atoms with van der Waals surface area (Å²) in [6.45, 7) is -0.207. The monoisotopic (exact) mass is 489 g/mol. The summed E-state index contributed by atoms with van der Waals surface area (Å²) in [5, 5.41) is 38.4. The van der Waals surface area contributed by atoms with E-state index in [1.54, 1.807) is 24.3 Å². The number of phenolic OH excluding ortho intramolecular Hbond substituents is 3. The first-order valence-corrected chi connectivity index (χ1v) is 10.9. The van der Waals surface area contributed by atoms with E-state index in [4.69, 9.17) is 4.74 Å². The average Bonchev–Trinajstić information content (AvgIpc) is 3.18. The van der Waals surface area contributed by atoms with Gasteiger partial charge in [0, 0.05) is 18.6 Å². The average molecular weight is 489 g/mol. The van der Waals surface area contributed by atoms with Gasteiger partial charge in [0.15, 0.2) is 0 Å². The predicted molar refractivity (Wildman–Crippen MR) is 121 cm³/mol. The van der Waals surface area contributed by atoms with Gasteiger partial charge >= 0.3 is 6.18 Å². The maximum absolute atomic E-state index is 12.3. The number of rotatable bonds is 7. The Kier molecular flexibility index (Phi) is 6.55. The van der Waals surface area contributed by atoms with E-state index >= 15 is 0 Å². The van der Waals surface area contributed by atoms with Crippen molar-refractivity contribution in [1.82, 2.24) is 4.98 Å². The van der Waals surface area contributed by atoms with Crippen molar-refractivity contribution in [2.45, 2.75) is 19.0 Å². The number of aromatic nitrogens is 1. The molecule has 0 aliphatic carbocycles. The molecule has 3 aromatic carbocycles. The molecule has 1 aromatic heterocycles. The van der Waals surface area contributed by atoms with Crippen LogP contribution >= 0.6 is 11.3 Å². The summed E-state index contributed by atoms with van der Waals surface area (Å²) in [5.41, 5.74) is 1.70. The van der Waals surface area contributed by atoms with E-state index in [2.05, 4.69) is 15.2 Å². The number of alkyl halides is 3. The number of ether oxygens (including phenoxy) is 1. The van der Waals surface area contributed by atoms with E-state index in [0.29, 0.717) is 21.8 Å². The van der Waals surface area contributed by atoms with Gasteiger partial charge in [-0.3, -0.25) is 0 Å². The van der Waals surface area contributed by atoms with E-state index in [9.17, 15) is 28.5 Å². The second kappa shape index (κ2) is 9.56. The normalized spacial score (nSPS) is 12.0. The Hall–Kier alpha value is -3.86. The minimum Gasteiger partial charge on any atom is -0.508 e. The van der Waals surface area contributed by atoms with Crippen LogP contribution in [0, 0.1) is 0 Å². The second-order valence-corrected chi connectivity index (χ2v) is 8.32. The van der Waals surface area contributed by atoms with Crippen molar-refractivity contribution in [1.29, 1.82) is 0 Å². The summed E-state index contributed by atoms with van der Waals surface area (Å²) >= 11 is 1.31. The van der Waals surface area contributed by atoms with Gasteiger partial charge in [-0.25, -0.2) is 4.98 Å². The number of azo groups is 1. The van der Waals surface area contributed by atoms with Crippen molar-refractivity contribution in [3.8, 4) is 33.6 Å². The number of hydrogen-bond acceptors (Lipinski definition) is 8. The molecule has 7 nitrogen and oxygen atoms in total. The molecule has 0 fully saturated rings. The number of thiazole rings is 1. The molecule has 0 amide bonds. The largest absolute Gasteiger partial charge is 0.508 e. The smallest absolute Gasteiger partial charge is 0.389 e. The lowest BCUT2D eigenvalue weighted by Gasteiger charge is -2.10. The fourth-order valence-electron chi connectivity index (χ4n) is 3.06. The van der Waals surface area contributed by atoms with Crippen LogP contribution in [-0.4, -0.2) is 33.1 Å². The molecule has 0 atom stereocenters. The number of nitrogens with zero attached hydrogens (tertiary/aromatic N) is 3. The number of benzene rings is 3. The van der Waals surface area contributed by atoms with Crippen LogP contribution in [0.2, 0.25) is 0 Å². The van der Waals surface area contributed by atoms with E-state index in [-0.39, 0.29) is 41.7 Å². The summed E-state index contributed by atoms with van der Waals surface area (Å²) in [7, 11) is 0. The zero-order valence-electron chi connectivity index (χ0n) is 17.5. The summed E-state index contributed by atoms with van der Waals surface area (Å²) in [6, 6.07) is 13.5. The first-order chi connectivity index (χ1) is 16.2. The van der Waals surface area contributed by atoms with Crippen LogP contribution < -0.4 is 4.74 Å². The third-order valence-corrected chi connectivity index (χ3v) is 5.71. The molecule has 1 heterocycles. The lowest BCUT2D eigenvalue weighted by molar-refractivity contribution is -0.136. The van der Waals surface area contributed by atoms with Gasteiger partial charge in [0.25, 0.3) is 0 Å². The van der Waals surface area contributed by atoms with Crippen LogP contribution in [0.15, 0.2) is 64.8 Å². The molecule has 0 bridgehead atoms. The van der Waals surface area contributed by atoms with Gasteiger partial charge in [0.2, 0.25) is 0 Å². The molecule has 0 saturated carbocycles. The third-order valence-electron chi connectivity index (χ3n) is 4.66. The number of fused-ring (bicyclic) bond motifs is 1. The van der Waals surface area contributed by atoms with Gasteiger partial charge < -0.3 is 20.1 Å². The summed E-state index contributed by atoms with van der Waals surface area (Å²) in [5.74, 6) is 0.00934. The van der Waals surface area contributed by atoms with Crippen LogP contribution in [0.25, 0.3) is 20.8 Å². The molecule has 0 saturated heterocycles. The molecule has 0 aliphatic rings. The molecular weight excluding hydrogens is 471 g/mol. The van der Waals surface area contributed by atoms with E-state index < -0.39 is 12.6 Å². The summed E-state index contributed by atoms with van der Waals surface area (Å²) < 4.78 is 43.1. The number of aromatic hydroxyl groups is 3. The minimum absolute atomic E-state index is 0.0749. The molecule has 11 heteroatoms. The molecule has 0 spiro atoms. The highest BCUT2D eigenvalue weighted by Gasteiger charge is 2.26. The fourth-order valence-corrected chi connectivity index (χ4v) is 4.09. The van der Waals surface area contributed by atoms with Crippen LogP contribution in [0.4, 0.5) is 24.5 Å². The Balaban J connectivity index is 1.51. The molecule has 0 unspecified atom stereocenters. The topological polar surface area (TPSA) is 108 Å². The van der Waals surface area contributed by atoms with Gasteiger partial charge in [-0.2, -0.15) is 18.3 Å². The van der Waals surface area contributed by atoms with Crippen molar-refractivity contribution in [3.05, 3.63) is 54.6 Å². The fraction of sp³-hybridized carbons (Fsp3) is 0.174. The van der Waals surface area contributed by atoms with E-state index in [1.165, 1.54) is 41.7 Å². The van der Waals surface area contributed by atoms with Crippen molar-refractivity contribution in [2.24, 2.45) is 10.2 Å². The quantitative estimate of drug-likeness (QED) is 0.188. The molecule has 4 rings (SSSR count). The molecule has 3 N–H and O–H groups in total. The Morgan fingerprint density at radius 3 is 2.44 bits per heavy atom. The van der Waals surface area contributed by atoms with Gasteiger partial charge in [0.05, 0.1) is 28.1 Å². The molecule has 0 aliphatic heterocycles. The molecule has 176 valence electrons. The Morgan fingerprint density at radius 2 is 1.68 bits per heavy atom. The maximum atomic E-state index is 12.3. The molecule has 4 aromatic rings. The summed E-state index contributed by atoms with van der Waals surface area (Å²) in [4.78, 5) is 4.46. The van der Waals surface area contributed by atoms with Crippen LogP contribution in [-0.2, 0) is 0 Å². The zero-order valence-corrected chi connectivity index (χ0v) is 18.3. The SMILES string of the molecule is Oc1ccc(N=Nc2ccc(-c3nc4ccc(O)cc4s3)c(O)c2)c(OCCCC(F)(F)F)c1. The molecular formula is C23H18F3N3O4S. The van der Waals surface area contributed by atoms with Gasteiger partial charge in [-0.15, -0.1) is 16.5 Å².